The minimum Gasteiger partial charge on any atom is -0.390 e. The van der Waals surface area contributed by atoms with Crippen molar-refractivity contribution in [3.8, 4) is 0 Å². The lowest BCUT2D eigenvalue weighted by Gasteiger charge is -2.31. The van der Waals surface area contributed by atoms with Gasteiger partial charge in [-0.15, -0.1) is 0 Å². The second-order valence-corrected chi connectivity index (χ2v) is 6.64. The smallest absolute Gasteiger partial charge is 0.0634 e. The van der Waals surface area contributed by atoms with E-state index >= 15 is 0 Å². The lowest BCUT2D eigenvalue weighted by Crippen LogP contribution is -2.33. The van der Waals surface area contributed by atoms with Crippen molar-refractivity contribution in [3.63, 3.8) is 0 Å². The van der Waals surface area contributed by atoms with Gasteiger partial charge in [0.05, 0.1) is 5.60 Å². The first kappa shape index (κ1) is 13.4. The number of aliphatic hydroxyl groups is 1. The van der Waals surface area contributed by atoms with Crippen LogP contribution in [0.2, 0.25) is 0 Å². The molecule has 2 bridgehead atoms. The van der Waals surface area contributed by atoms with Crippen LogP contribution >= 0.6 is 0 Å². The maximum Gasteiger partial charge on any atom is 0.0634 e. The van der Waals surface area contributed by atoms with Gasteiger partial charge in [-0.2, -0.15) is 0 Å². The molecule has 2 aliphatic carbocycles. The minimum absolute atomic E-state index is 0.449. The molecule has 0 aromatic carbocycles. The third-order valence-corrected chi connectivity index (χ3v) is 4.85. The van der Waals surface area contributed by atoms with Gasteiger partial charge >= 0.3 is 0 Å². The molecule has 0 amide bonds. The molecule has 4 unspecified atom stereocenters. The third kappa shape index (κ3) is 3.69. The van der Waals surface area contributed by atoms with Gasteiger partial charge in [-0.1, -0.05) is 13.3 Å². The first-order chi connectivity index (χ1) is 8.11. The van der Waals surface area contributed by atoms with E-state index in [-0.39, 0.29) is 0 Å². The van der Waals surface area contributed by atoms with Crippen LogP contribution in [0.25, 0.3) is 0 Å². The standard InChI is InChI=1S/C15H29NO/c1-3-7-16-8-6-15(2,17)11-14-10-12-4-5-13(14)9-12/h12-14,16-17H,3-11H2,1-2H3. The molecule has 2 rings (SSSR count). The summed E-state index contributed by atoms with van der Waals surface area (Å²) in [6.45, 7) is 6.25. The fourth-order valence-electron chi connectivity index (χ4n) is 3.95. The van der Waals surface area contributed by atoms with Crippen molar-refractivity contribution in [1.29, 1.82) is 0 Å². The van der Waals surface area contributed by atoms with Crippen molar-refractivity contribution in [2.75, 3.05) is 13.1 Å². The van der Waals surface area contributed by atoms with E-state index in [1.54, 1.807) is 0 Å². The zero-order valence-corrected chi connectivity index (χ0v) is 11.5. The molecule has 2 saturated carbocycles. The Labute approximate surface area is 106 Å². The van der Waals surface area contributed by atoms with Crippen LogP contribution in [0.15, 0.2) is 0 Å². The second-order valence-electron chi connectivity index (χ2n) is 6.64. The van der Waals surface area contributed by atoms with Gasteiger partial charge in [0, 0.05) is 0 Å². The van der Waals surface area contributed by atoms with Gasteiger partial charge in [-0.25, -0.2) is 0 Å². The van der Waals surface area contributed by atoms with Gasteiger partial charge in [-0.3, -0.25) is 0 Å². The topological polar surface area (TPSA) is 32.3 Å². The highest BCUT2D eigenvalue weighted by molar-refractivity contribution is 4.93. The summed E-state index contributed by atoms with van der Waals surface area (Å²) in [7, 11) is 0. The van der Waals surface area contributed by atoms with Crippen molar-refractivity contribution >= 4 is 0 Å². The Hall–Kier alpha value is -0.0800. The zero-order chi connectivity index (χ0) is 12.3. The monoisotopic (exact) mass is 239 g/mol. The maximum atomic E-state index is 10.5. The van der Waals surface area contributed by atoms with E-state index < -0.39 is 5.60 Å². The highest BCUT2D eigenvalue weighted by atomic mass is 16.3. The lowest BCUT2D eigenvalue weighted by molar-refractivity contribution is 0.0169. The summed E-state index contributed by atoms with van der Waals surface area (Å²) in [4.78, 5) is 0. The zero-order valence-electron chi connectivity index (χ0n) is 11.5. The quantitative estimate of drug-likeness (QED) is 0.670. The van der Waals surface area contributed by atoms with Crippen molar-refractivity contribution in [1.82, 2.24) is 5.32 Å². The summed E-state index contributed by atoms with van der Waals surface area (Å²) < 4.78 is 0. The summed E-state index contributed by atoms with van der Waals surface area (Å²) in [6, 6.07) is 0. The van der Waals surface area contributed by atoms with Crippen LogP contribution < -0.4 is 5.32 Å². The number of hydrogen-bond acceptors (Lipinski definition) is 2. The molecule has 0 radical (unpaired) electrons. The van der Waals surface area contributed by atoms with Crippen LogP contribution in [0.1, 0.15) is 58.8 Å². The molecule has 2 N–H and O–H groups in total. The molecule has 100 valence electrons. The van der Waals surface area contributed by atoms with Crippen molar-refractivity contribution in [2.45, 2.75) is 64.4 Å². The SMILES string of the molecule is CCCNCCC(C)(O)CC1CC2CCC1C2. The van der Waals surface area contributed by atoms with Gasteiger partial charge in [0.1, 0.15) is 0 Å². The van der Waals surface area contributed by atoms with E-state index in [4.69, 9.17) is 0 Å². The first-order valence-corrected chi connectivity index (χ1v) is 7.54. The van der Waals surface area contributed by atoms with Gasteiger partial charge in [0.15, 0.2) is 0 Å². The first-order valence-electron chi connectivity index (χ1n) is 7.54. The van der Waals surface area contributed by atoms with E-state index in [1.807, 2.05) is 6.92 Å². The number of hydrogen-bond donors (Lipinski definition) is 2. The Kier molecular flexibility index (Phi) is 4.48. The average Bonchev–Trinajstić information content (AvgIpc) is 2.85. The van der Waals surface area contributed by atoms with E-state index in [0.29, 0.717) is 0 Å². The molecule has 4 atom stereocenters. The van der Waals surface area contributed by atoms with Crippen molar-refractivity contribution < 1.29 is 5.11 Å². The molecule has 0 saturated heterocycles. The number of fused-ring (bicyclic) bond motifs is 2. The summed E-state index contributed by atoms with van der Waals surface area (Å²) in [5.74, 6) is 2.75. The van der Waals surface area contributed by atoms with Gasteiger partial charge < -0.3 is 10.4 Å². The molecular formula is C15H29NO. The molecule has 2 heteroatoms. The van der Waals surface area contributed by atoms with E-state index in [2.05, 4.69) is 12.2 Å². The van der Waals surface area contributed by atoms with Crippen LogP contribution in [0.3, 0.4) is 0 Å². The Morgan fingerprint density at radius 1 is 1.24 bits per heavy atom. The van der Waals surface area contributed by atoms with Crippen LogP contribution in [0.5, 0.6) is 0 Å². The fraction of sp³-hybridized carbons (Fsp3) is 1.00. The number of rotatable bonds is 7. The molecule has 2 aliphatic rings. The normalized spacial score (nSPS) is 35.1. The highest BCUT2D eigenvalue weighted by Gasteiger charge is 2.41. The van der Waals surface area contributed by atoms with Crippen LogP contribution in [0.4, 0.5) is 0 Å². The lowest BCUT2D eigenvalue weighted by atomic mass is 9.80. The Balaban J connectivity index is 1.69. The molecule has 0 aromatic rings. The minimum atomic E-state index is -0.449. The van der Waals surface area contributed by atoms with Crippen LogP contribution in [-0.2, 0) is 0 Å². The van der Waals surface area contributed by atoms with Gasteiger partial charge in [0.25, 0.3) is 0 Å². The van der Waals surface area contributed by atoms with E-state index in [0.717, 1.165) is 43.7 Å². The Morgan fingerprint density at radius 3 is 2.65 bits per heavy atom. The van der Waals surface area contributed by atoms with Crippen LogP contribution in [0, 0.1) is 17.8 Å². The fourth-order valence-corrected chi connectivity index (χ4v) is 3.95. The third-order valence-electron chi connectivity index (χ3n) is 4.85. The van der Waals surface area contributed by atoms with E-state index in [1.165, 1.54) is 32.1 Å². The summed E-state index contributed by atoms with van der Waals surface area (Å²) in [5.41, 5.74) is -0.449. The molecule has 0 heterocycles. The molecule has 0 aliphatic heterocycles. The summed E-state index contributed by atoms with van der Waals surface area (Å²) in [6.07, 6.45) is 8.84. The van der Waals surface area contributed by atoms with Crippen molar-refractivity contribution in [2.24, 2.45) is 17.8 Å². The molecule has 0 aromatic heterocycles. The second kappa shape index (κ2) is 5.71. The highest BCUT2D eigenvalue weighted by Crippen LogP contribution is 2.50. The van der Waals surface area contributed by atoms with Crippen molar-refractivity contribution in [3.05, 3.63) is 0 Å². The molecule has 2 nitrogen and oxygen atoms in total. The van der Waals surface area contributed by atoms with Crippen LogP contribution in [-0.4, -0.2) is 23.8 Å². The van der Waals surface area contributed by atoms with E-state index in [9.17, 15) is 5.11 Å². The van der Waals surface area contributed by atoms with Gasteiger partial charge in [-0.05, 0) is 76.3 Å². The maximum absolute atomic E-state index is 10.5. The predicted octanol–water partition coefficient (Wildman–Crippen LogP) is 2.95. The van der Waals surface area contributed by atoms with Gasteiger partial charge in [0.2, 0.25) is 0 Å². The Bertz CT molecular complexity index is 239. The molecule has 0 spiro atoms. The molecular weight excluding hydrogens is 210 g/mol. The number of nitrogens with one attached hydrogen (secondary N) is 1. The summed E-state index contributed by atoms with van der Waals surface area (Å²) in [5, 5.41) is 13.9. The average molecular weight is 239 g/mol. The molecule has 2 fully saturated rings. The molecule has 17 heavy (non-hydrogen) atoms. The largest absolute Gasteiger partial charge is 0.390 e. The predicted molar refractivity (Wildman–Crippen MR) is 72.0 cm³/mol. The summed E-state index contributed by atoms with van der Waals surface area (Å²) >= 11 is 0. The Morgan fingerprint density at radius 2 is 2.06 bits per heavy atom.